The minimum absolute atomic E-state index is 0.163. The first-order valence-electron chi connectivity index (χ1n) is 10.0. The van der Waals surface area contributed by atoms with Gasteiger partial charge in [0.25, 0.3) is 10.2 Å². The van der Waals surface area contributed by atoms with Crippen LogP contribution in [0.15, 0.2) is 48.5 Å². The number of carbonyl (C=O) groups excluding carboxylic acids is 1. The van der Waals surface area contributed by atoms with Crippen molar-refractivity contribution in [3.05, 3.63) is 54.1 Å². The van der Waals surface area contributed by atoms with Crippen molar-refractivity contribution in [1.82, 2.24) is 4.90 Å². The van der Waals surface area contributed by atoms with E-state index in [1.54, 1.807) is 11.0 Å². The lowest BCUT2D eigenvalue weighted by Gasteiger charge is -2.39. The molecular weight excluding hydrogens is 404 g/mol. The van der Waals surface area contributed by atoms with Crippen LogP contribution in [0.5, 0.6) is 5.75 Å². The Kier molecular flexibility index (Phi) is 5.33. The predicted molar refractivity (Wildman–Crippen MR) is 116 cm³/mol. The van der Waals surface area contributed by atoms with Gasteiger partial charge in [0.05, 0.1) is 12.3 Å². The number of nitrogens with zero attached hydrogens (tertiary/aromatic N) is 2. The number of ether oxygens (including phenoxy) is 1. The number of nitrogens with two attached hydrogens (primary N) is 1. The van der Waals surface area contributed by atoms with E-state index in [1.165, 1.54) is 4.31 Å². The number of piperidine rings is 1. The van der Waals surface area contributed by atoms with Crippen molar-refractivity contribution < 1.29 is 17.9 Å². The maximum atomic E-state index is 12.7. The number of hydrogen-bond donors (Lipinski definition) is 2. The van der Waals surface area contributed by atoms with Crippen molar-refractivity contribution >= 4 is 27.6 Å². The molecule has 0 aliphatic carbocycles. The molecule has 30 heavy (non-hydrogen) atoms. The smallest absolute Gasteiger partial charge is 0.321 e. The van der Waals surface area contributed by atoms with E-state index in [0.717, 1.165) is 11.3 Å². The van der Waals surface area contributed by atoms with E-state index in [1.807, 2.05) is 49.4 Å². The first kappa shape index (κ1) is 20.5. The summed E-state index contributed by atoms with van der Waals surface area (Å²) in [7, 11) is -3.84. The van der Waals surface area contributed by atoms with Crippen LogP contribution in [0.1, 0.15) is 25.3 Å². The molecule has 2 amide bonds. The number of fused-ring (bicyclic) bond motifs is 2. The zero-order chi connectivity index (χ0) is 21.4. The van der Waals surface area contributed by atoms with Crippen LogP contribution in [0.25, 0.3) is 0 Å². The third-order valence-corrected chi connectivity index (χ3v) is 6.86. The summed E-state index contributed by atoms with van der Waals surface area (Å²) in [5.74, 6) is 0.759. The summed E-state index contributed by atoms with van der Waals surface area (Å²) >= 11 is 0. The van der Waals surface area contributed by atoms with E-state index in [-0.39, 0.29) is 11.4 Å². The predicted octanol–water partition coefficient (Wildman–Crippen LogP) is 2.67. The largest absolute Gasteiger partial charge is 0.494 e. The van der Waals surface area contributed by atoms with E-state index in [0.29, 0.717) is 50.5 Å². The second-order valence-corrected chi connectivity index (χ2v) is 9.19. The topological polar surface area (TPSA) is 105 Å². The molecular formula is C21H26N4O4S. The van der Waals surface area contributed by atoms with E-state index >= 15 is 0 Å². The third kappa shape index (κ3) is 3.82. The molecule has 9 heteroatoms. The van der Waals surface area contributed by atoms with Gasteiger partial charge in [-0.15, -0.1) is 0 Å². The number of nitrogens with one attached hydrogen (secondary N) is 1. The van der Waals surface area contributed by atoms with Gasteiger partial charge in [0.1, 0.15) is 5.75 Å². The van der Waals surface area contributed by atoms with E-state index in [4.69, 9.17) is 9.88 Å². The molecule has 2 aromatic carbocycles. The number of likely N-dealkylation sites (tertiary alicyclic amines) is 1. The summed E-state index contributed by atoms with van der Waals surface area (Å²) in [5.41, 5.74) is 2.02. The highest BCUT2D eigenvalue weighted by Crippen LogP contribution is 2.47. The Labute approximate surface area is 176 Å². The molecule has 8 nitrogen and oxygen atoms in total. The van der Waals surface area contributed by atoms with E-state index in [9.17, 15) is 13.2 Å². The Morgan fingerprint density at radius 3 is 2.43 bits per heavy atom. The fourth-order valence-corrected chi connectivity index (χ4v) is 5.24. The summed E-state index contributed by atoms with van der Waals surface area (Å²) in [6.07, 6.45) is 1.35. The van der Waals surface area contributed by atoms with Crippen molar-refractivity contribution in [2.45, 2.75) is 25.2 Å². The highest BCUT2D eigenvalue weighted by Gasteiger charge is 2.47. The number of amides is 2. The molecule has 3 N–H and O–H groups in total. The molecule has 0 atom stereocenters. The van der Waals surface area contributed by atoms with Gasteiger partial charge in [-0.25, -0.2) is 9.93 Å². The molecule has 1 saturated heterocycles. The van der Waals surface area contributed by atoms with Crippen LogP contribution in [0.4, 0.5) is 16.2 Å². The molecule has 2 aliphatic rings. The van der Waals surface area contributed by atoms with E-state index in [2.05, 4.69) is 5.32 Å². The molecule has 2 aliphatic heterocycles. The summed E-state index contributed by atoms with van der Waals surface area (Å²) in [4.78, 5) is 14.5. The monoisotopic (exact) mass is 430 g/mol. The van der Waals surface area contributed by atoms with Crippen LogP contribution in [0, 0.1) is 0 Å². The van der Waals surface area contributed by atoms with Gasteiger partial charge in [0, 0.05) is 30.7 Å². The molecule has 0 bridgehead atoms. The number of urea groups is 1. The van der Waals surface area contributed by atoms with Gasteiger partial charge in [-0.1, -0.05) is 18.2 Å². The summed E-state index contributed by atoms with van der Waals surface area (Å²) in [6, 6.07) is 14.6. The maximum absolute atomic E-state index is 12.7. The molecule has 0 unspecified atom stereocenters. The number of carbonyl (C=O) groups is 1. The quantitative estimate of drug-likeness (QED) is 0.778. The van der Waals surface area contributed by atoms with Crippen LogP contribution in [0.2, 0.25) is 0 Å². The van der Waals surface area contributed by atoms with Crippen molar-refractivity contribution in [2.75, 3.05) is 35.9 Å². The van der Waals surface area contributed by atoms with Crippen LogP contribution in [-0.2, 0) is 15.6 Å². The Morgan fingerprint density at radius 1 is 1.13 bits per heavy atom. The normalized spacial score (nSPS) is 17.7. The minimum Gasteiger partial charge on any atom is -0.494 e. The zero-order valence-corrected chi connectivity index (χ0v) is 17.7. The Hall–Kier alpha value is -2.78. The van der Waals surface area contributed by atoms with Crippen LogP contribution < -0.4 is 19.5 Å². The lowest BCUT2D eigenvalue weighted by Crippen LogP contribution is -2.49. The number of hydrogen-bond acceptors (Lipinski definition) is 4. The maximum Gasteiger partial charge on any atom is 0.321 e. The van der Waals surface area contributed by atoms with Crippen molar-refractivity contribution in [2.24, 2.45) is 5.14 Å². The zero-order valence-electron chi connectivity index (χ0n) is 16.9. The second kappa shape index (κ2) is 7.81. The van der Waals surface area contributed by atoms with Gasteiger partial charge in [0.2, 0.25) is 0 Å². The van der Waals surface area contributed by atoms with Crippen molar-refractivity contribution in [3.63, 3.8) is 0 Å². The first-order valence-corrected chi connectivity index (χ1v) is 11.5. The second-order valence-electron chi connectivity index (χ2n) is 7.72. The molecule has 2 aromatic rings. The summed E-state index contributed by atoms with van der Waals surface area (Å²) in [6.45, 7) is 3.90. The van der Waals surface area contributed by atoms with E-state index < -0.39 is 10.2 Å². The fourth-order valence-electron chi connectivity index (χ4n) is 4.38. The average molecular weight is 431 g/mol. The van der Waals surface area contributed by atoms with Crippen LogP contribution >= 0.6 is 0 Å². The lowest BCUT2D eigenvalue weighted by atomic mass is 9.74. The molecule has 0 radical (unpaired) electrons. The lowest BCUT2D eigenvalue weighted by molar-refractivity contribution is 0.173. The van der Waals surface area contributed by atoms with Gasteiger partial charge in [-0.3, -0.25) is 4.31 Å². The van der Waals surface area contributed by atoms with Crippen LogP contribution in [0.3, 0.4) is 0 Å². The van der Waals surface area contributed by atoms with Gasteiger partial charge in [-0.05, 0) is 55.7 Å². The van der Waals surface area contributed by atoms with Gasteiger partial charge in [0.15, 0.2) is 0 Å². The molecule has 0 aromatic heterocycles. The number of para-hydroxylation sites is 1. The molecule has 2 heterocycles. The number of benzene rings is 2. The summed E-state index contributed by atoms with van der Waals surface area (Å²) in [5, 5.41) is 8.37. The molecule has 1 spiro atoms. The van der Waals surface area contributed by atoms with Gasteiger partial charge in [-0.2, -0.15) is 8.42 Å². The Balaban J connectivity index is 1.44. The fraction of sp³-hybridized carbons (Fsp3) is 0.381. The molecule has 0 saturated carbocycles. The Morgan fingerprint density at radius 2 is 1.80 bits per heavy atom. The SMILES string of the molecule is CCOc1ccc(NC(=O)N2CCC3(CC2)CN(S(N)(=O)=O)c2ccccc23)cc1. The minimum atomic E-state index is -3.84. The highest BCUT2D eigenvalue weighted by atomic mass is 32.2. The van der Waals surface area contributed by atoms with Crippen LogP contribution in [-0.4, -0.2) is 45.6 Å². The first-order chi connectivity index (χ1) is 14.3. The number of anilines is 2. The standard InChI is InChI=1S/C21H26N4O4S/c1-2-29-17-9-7-16(8-10-17)23-20(26)24-13-11-21(12-14-24)15-25(30(22,27)28)19-6-4-3-5-18(19)21/h3-10H,2,11-15H2,1H3,(H,23,26)(H2,22,27,28). The number of rotatable bonds is 4. The summed E-state index contributed by atoms with van der Waals surface area (Å²) < 4.78 is 30.9. The third-order valence-electron chi connectivity index (χ3n) is 5.92. The average Bonchev–Trinajstić information content (AvgIpc) is 3.05. The van der Waals surface area contributed by atoms with Crippen molar-refractivity contribution in [1.29, 1.82) is 0 Å². The van der Waals surface area contributed by atoms with Crippen molar-refractivity contribution in [3.8, 4) is 5.75 Å². The molecule has 160 valence electrons. The molecule has 1 fully saturated rings. The van der Waals surface area contributed by atoms with Gasteiger partial charge >= 0.3 is 6.03 Å². The Bertz CT molecular complexity index is 1030. The van der Waals surface area contributed by atoms with Gasteiger partial charge < -0.3 is 15.0 Å². The highest BCUT2D eigenvalue weighted by molar-refractivity contribution is 7.90. The molecule has 4 rings (SSSR count).